The van der Waals surface area contributed by atoms with Crippen LogP contribution in [-0.4, -0.2) is 4.98 Å². The molecule has 1 spiro atoms. The number of pyridine rings is 1. The molecule has 2 aliphatic rings. The SMILES string of the molecule is c1ccc2c(c1)-c1ccccc1C21c2ccc(-c3cccc4cccnc34)cc2-c2sc3ccccc3c21. The molecule has 2 aliphatic carbocycles. The molecule has 0 aliphatic heterocycles. The Kier molecular flexibility index (Phi) is 3.93. The van der Waals surface area contributed by atoms with Crippen LogP contribution in [0.1, 0.15) is 22.3 Å². The lowest BCUT2D eigenvalue weighted by Crippen LogP contribution is -2.25. The second kappa shape index (κ2) is 7.28. The molecule has 1 nitrogen and oxygen atoms in total. The van der Waals surface area contributed by atoms with Gasteiger partial charge in [0.15, 0.2) is 0 Å². The van der Waals surface area contributed by atoms with Crippen molar-refractivity contribution in [3.05, 3.63) is 150 Å². The molecule has 5 aromatic carbocycles. The summed E-state index contributed by atoms with van der Waals surface area (Å²) < 4.78 is 1.35. The number of para-hydroxylation sites is 1. The van der Waals surface area contributed by atoms with Gasteiger partial charge in [-0.05, 0) is 68.1 Å². The van der Waals surface area contributed by atoms with E-state index in [1.807, 2.05) is 23.6 Å². The monoisotopic (exact) mass is 499 g/mol. The number of thiophene rings is 1. The first-order chi connectivity index (χ1) is 18.9. The summed E-state index contributed by atoms with van der Waals surface area (Å²) in [6.07, 6.45) is 1.89. The summed E-state index contributed by atoms with van der Waals surface area (Å²) in [5, 5.41) is 2.53. The van der Waals surface area contributed by atoms with Gasteiger partial charge in [0.2, 0.25) is 0 Å². The van der Waals surface area contributed by atoms with E-state index in [1.54, 1.807) is 0 Å². The molecule has 0 N–H and O–H groups in total. The highest BCUT2D eigenvalue weighted by Gasteiger charge is 2.53. The predicted molar refractivity (Wildman–Crippen MR) is 159 cm³/mol. The summed E-state index contributed by atoms with van der Waals surface area (Å²) in [6, 6.07) is 44.8. The van der Waals surface area contributed by atoms with Gasteiger partial charge >= 0.3 is 0 Å². The highest BCUT2D eigenvalue weighted by atomic mass is 32.1. The first-order valence-electron chi connectivity index (χ1n) is 13.1. The van der Waals surface area contributed by atoms with E-state index in [-0.39, 0.29) is 5.41 Å². The van der Waals surface area contributed by atoms with Gasteiger partial charge in [0.05, 0.1) is 10.9 Å². The number of benzene rings is 5. The van der Waals surface area contributed by atoms with E-state index in [0.717, 1.165) is 5.52 Å². The molecule has 0 unspecified atom stereocenters. The fourth-order valence-corrected chi connectivity index (χ4v) is 8.39. The van der Waals surface area contributed by atoms with Crippen LogP contribution in [0.4, 0.5) is 0 Å². The van der Waals surface area contributed by atoms with E-state index in [1.165, 1.54) is 70.4 Å². The Morgan fingerprint density at radius 2 is 1.24 bits per heavy atom. The summed E-state index contributed by atoms with van der Waals surface area (Å²) >= 11 is 1.93. The number of rotatable bonds is 1. The minimum atomic E-state index is -0.313. The van der Waals surface area contributed by atoms with Crippen LogP contribution in [0.2, 0.25) is 0 Å². The molecular weight excluding hydrogens is 478 g/mol. The second-order valence-electron chi connectivity index (χ2n) is 10.3. The second-order valence-corrected chi connectivity index (χ2v) is 11.3. The summed E-state index contributed by atoms with van der Waals surface area (Å²) in [5.41, 5.74) is 12.8. The smallest absolute Gasteiger partial charge is 0.0780 e. The lowest BCUT2D eigenvalue weighted by Gasteiger charge is -2.30. The van der Waals surface area contributed by atoms with Crippen molar-refractivity contribution in [3.63, 3.8) is 0 Å². The predicted octanol–water partition coefficient (Wildman–Crippen LogP) is 9.46. The molecule has 0 fully saturated rings. The molecule has 2 aromatic heterocycles. The van der Waals surface area contributed by atoms with Crippen LogP contribution in [0.15, 0.2) is 128 Å². The first kappa shape index (κ1) is 20.5. The van der Waals surface area contributed by atoms with Crippen LogP contribution >= 0.6 is 11.3 Å². The fourth-order valence-electron chi connectivity index (χ4n) is 7.10. The molecule has 0 amide bonds. The maximum atomic E-state index is 4.76. The molecule has 38 heavy (non-hydrogen) atoms. The molecular formula is C36H21NS. The lowest BCUT2D eigenvalue weighted by atomic mass is 9.70. The molecule has 0 bridgehead atoms. The maximum absolute atomic E-state index is 4.76. The van der Waals surface area contributed by atoms with E-state index in [9.17, 15) is 0 Å². The summed E-state index contributed by atoms with van der Waals surface area (Å²) in [7, 11) is 0. The molecule has 7 aromatic rings. The van der Waals surface area contributed by atoms with E-state index in [2.05, 4.69) is 115 Å². The zero-order valence-electron chi connectivity index (χ0n) is 20.5. The van der Waals surface area contributed by atoms with Crippen molar-refractivity contribution in [2.45, 2.75) is 5.41 Å². The van der Waals surface area contributed by atoms with Crippen molar-refractivity contribution < 1.29 is 0 Å². The van der Waals surface area contributed by atoms with Crippen LogP contribution in [-0.2, 0) is 5.41 Å². The maximum Gasteiger partial charge on any atom is 0.0780 e. The minimum absolute atomic E-state index is 0.313. The van der Waals surface area contributed by atoms with Crippen molar-refractivity contribution in [1.29, 1.82) is 0 Å². The van der Waals surface area contributed by atoms with Gasteiger partial charge in [-0.3, -0.25) is 4.98 Å². The van der Waals surface area contributed by atoms with Crippen molar-refractivity contribution in [2.24, 2.45) is 0 Å². The van der Waals surface area contributed by atoms with Gasteiger partial charge in [-0.2, -0.15) is 0 Å². The van der Waals surface area contributed by atoms with Crippen molar-refractivity contribution in [3.8, 4) is 32.7 Å². The van der Waals surface area contributed by atoms with Crippen LogP contribution in [0.5, 0.6) is 0 Å². The van der Waals surface area contributed by atoms with Crippen molar-refractivity contribution in [1.82, 2.24) is 4.98 Å². The van der Waals surface area contributed by atoms with E-state index >= 15 is 0 Å². The first-order valence-corrected chi connectivity index (χ1v) is 13.9. The van der Waals surface area contributed by atoms with Crippen LogP contribution in [0, 0.1) is 0 Å². The minimum Gasteiger partial charge on any atom is -0.256 e. The Labute approximate surface area is 224 Å². The third kappa shape index (κ3) is 2.39. The Morgan fingerprint density at radius 1 is 0.553 bits per heavy atom. The molecule has 2 heteroatoms. The molecule has 0 atom stereocenters. The number of hydrogen-bond donors (Lipinski definition) is 0. The Balaban J connectivity index is 1.43. The molecule has 2 heterocycles. The Morgan fingerprint density at radius 3 is 2.08 bits per heavy atom. The molecule has 9 rings (SSSR count). The van der Waals surface area contributed by atoms with Gasteiger partial charge in [0.25, 0.3) is 0 Å². The topological polar surface area (TPSA) is 12.9 Å². The summed E-state index contributed by atoms with van der Waals surface area (Å²) in [4.78, 5) is 6.15. The lowest BCUT2D eigenvalue weighted by molar-refractivity contribution is 0.803. The number of hydrogen-bond acceptors (Lipinski definition) is 2. The summed E-state index contributed by atoms with van der Waals surface area (Å²) in [5.74, 6) is 0. The Hall–Kier alpha value is -4.53. The molecule has 0 saturated heterocycles. The summed E-state index contributed by atoms with van der Waals surface area (Å²) in [6.45, 7) is 0. The van der Waals surface area contributed by atoms with Crippen LogP contribution < -0.4 is 0 Å². The van der Waals surface area contributed by atoms with Crippen LogP contribution in [0.3, 0.4) is 0 Å². The molecule has 0 radical (unpaired) electrons. The Bertz CT molecular complexity index is 2050. The molecule has 0 saturated carbocycles. The van der Waals surface area contributed by atoms with E-state index < -0.39 is 0 Å². The average molecular weight is 500 g/mol. The third-order valence-electron chi connectivity index (χ3n) is 8.53. The average Bonchev–Trinajstić information content (AvgIpc) is 3.60. The van der Waals surface area contributed by atoms with Gasteiger partial charge in [0.1, 0.15) is 0 Å². The van der Waals surface area contributed by atoms with Gasteiger partial charge in [-0.15, -0.1) is 11.3 Å². The quantitative estimate of drug-likeness (QED) is 0.219. The standard InChI is InChI=1S/C36H21NS/c1-4-15-29-25(11-1)26-12-2-5-16-30(26)36(29)31-19-18-23(24-14-7-9-22-10-8-20-37-34(22)24)21-28(31)35-33(36)27-13-3-6-17-32(27)38-35/h1-21H. The van der Waals surface area contributed by atoms with E-state index in [4.69, 9.17) is 4.98 Å². The number of nitrogens with zero attached hydrogens (tertiary/aromatic N) is 1. The molecule has 176 valence electrons. The number of fused-ring (bicyclic) bond motifs is 13. The van der Waals surface area contributed by atoms with Crippen molar-refractivity contribution >= 4 is 32.3 Å². The third-order valence-corrected chi connectivity index (χ3v) is 9.74. The van der Waals surface area contributed by atoms with Crippen molar-refractivity contribution in [2.75, 3.05) is 0 Å². The highest BCUT2D eigenvalue weighted by Crippen LogP contribution is 2.66. The van der Waals surface area contributed by atoms with Gasteiger partial charge < -0.3 is 0 Å². The van der Waals surface area contributed by atoms with Crippen LogP contribution in [0.25, 0.3) is 53.7 Å². The number of aromatic nitrogens is 1. The largest absolute Gasteiger partial charge is 0.256 e. The van der Waals surface area contributed by atoms with Gasteiger partial charge in [-0.1, -0.05) is 103 Å². The zero-order valence-corrected chi connectivity index (χ0v) is 21.3. The highest BCUT2D eigenvalue weighted by molar-refractivity contribution is 7.22. The van der Waals surface area contributed by atoms with Gasteiger partial charge in [0, 0.05) is 26.7 Å². The normalized spacial score (nSPS) is 14.0. The zero-order chi connectivity index (χ0) is 24.8. The van der Waals surface area contributed by atoms with E-state index in [0.29, 0.717) is 0 Å². The van der Waals surface area contributed by atoms with Gasteiger partial charge in [-0.25, -0.2) is 0 Å². The fraction of sp³-hybridized carbons (Fsp3) is 0.0278.